The molecule has 3 aromatic heterocycles. The summed E-state index contributed by atoms with van der Waals surface area (Å²) < 4.78 is 50.9. The standard InChI is InChI=1S/C33H27Cl3N2O4.C29H19Cl3INO4.C29H21Cl3N2O4/c1-40-33(39)23-15-20(16-24(17-23)38-13-2-3-14-38)7-8-21-11-12-25(18-29(21)36)41-19-26-31(37-42-32(26)22-9-10-22)30-27(34)5-4-6-28(30)35;2*1-36-29(35)19-11-16(12-20(33)13-19)5-6-17-9-10-21(14-25(17)32)37-15-22-27(34-38-28(22)18-7-8-18)26-23(30)3-2-4-24(26)31/h4-6,11-12,15-18,22H,2-3,9-10,13-14,19H2,1H3;2-4,9-14,18H,7-8,15H2,1H3;2-4,9-14,18H,7-8,15,33H2,1H3. The van der Waals surface area contributed by atoms with E-state index in [0.717, 1.165) is 108 Å². The van der Waals surface area contributed by atoms with Crippen molar-refractivity contribution in [3.8, 4) is 86.5 Å². The van der Waals surface area contributed by atoms with Crippen molar-refractivity contribution in [3.63, 3.8) is 0 Å². The van der Waals surface area contributed by atoms with Crippen molar-refractivity contribution in [2.75, 3.05) is 45.1 Å². The number of methoxy groups -OCH3 is 3. The van der Waals surface area contributed by atoms with E-state index in [-0.39, 0.29) is 19.8 Å². The molecule has 2 N–H and O–H groups in total. The Labute approximate surface area is 738 Å². The number of hydrogen-bond donors (Lipinski definition) is 1. The molecular formula is C91H67Cl9IN5O12. The van der Waals surface area contributed by atoms with E-state index in [1.807, 2.05) is 30.3 Å². The van der Waals surface area contributed by atoms with Crippen LogP contribution in [0.3, 0.4) is 0 Å². The van der Waals surface area contributed by atoms with Gasteiger partial charge in [0.15, 0.2) is 0 Å². The molecule has 0 amide bonds. The average Bonchev–Trinajstić information content (AvgIpc) is 1.48. The maximum atomic E-state index is 12.3. The number of ether oxygens (including phenoxy) is 6. The predicted octanol–water partition coefficient (Wildman–Crippen LogP) is 24.6. The number of nitrogen functional groups attached to an aromatic ring is 1. The second kappa shape index (κ2) is 38.4. The largest absolute Gasteiger partial charge is 0.489 e. The first-order valence-corrected chi connectivity index (χ1v) is 41.5. The highest BCUT2D eigenvalue weighted by Crippen LogP contribution is 2.50. The SMILES string of the molecule is COC(=O)c1cc(C#Cc2ccc(OCc3c(-c4c(Cl)cccc4Cl)noc3C3CC3)cc2Cl)cc(N2CCCC2)c1.COC(=O)c1cc(I)cc(C#Cc2ccc(OCc3c(-c4c(Cl)cccc4Cl)noc3C3CC3)cc2Cl)c1.COC(=O)c1cc(N)cc(C#Cc2ccc(OCc3c(-c4c(Cl)cccc4Cl)noc3C3CC3)cc2Cl)c1. The van der Waals surface area contributed by atoms with E-state index >= 15 is 0 Å². The molecule has 17 nitrogen and oxygen atoms in total. The summed E-state index contributed by atoms with van der Waals surface area (Å²) in [6.45, 7) is 2.54. The van der Waals surface area contributed by atoms with Crippen LogP contribution < -0.4 is 24.8 Å². The van der Waals surface area contributed by atoms with Crippen LogP contribution in [0.2, 0.25) is 45.2 Å². The fourth-order valence-corrected chi connectivity index (χ4v) is 16.1. The van der Waals surface area contributed by atoms with E-state index in [0.29, 0.717) is 170 Å². The van der Waals surface area contributed by atoms with Gasteiger partial charge in [-0.3, -0.25) is 0 Å². The number of benzene rings is 9. The molecule has 16 rings (SSSR count). The molecule has 0 atom stereocenters. The van der Waals surface area contributed by atoms with Gasteiger partial charge in [-0.1, -0.05) is 174 Å². The van der Waals surface area contributed by atoms with Gasteiger partial charge in [0.2, 0.25) is 0 Å². The van der Waals surface area contributed by atoms with Gasteiger partial charge in [-0.05, 0) is 201 Å². The fraction of sp³-hybridized carbons (Fsp3) is 0.209. The number of nitrogens with two attached hydrogens (primary N) is 1. The molecule has 0 spiro atoms. The first-order valence-electron chi connectivity index (χ1n) is 37.1. The number of anilines is 2. The first kappa shape index (κ1) is 84.5. The Balaban J connectivity index is 0.000000146. The van der Waals surface area contributed by atoms with Gasteiger partial charge in [-0.25, -0.2) is 14.4 Å². The molecule has 0 bridgehead atoms. The van der Waals surface area contributed by atoms with Gasteiger partial charge < -0.3 is 52.6 Å². The molecule has 598 valence electrons. The summed E-state index contributed by atoms with van der Waals surface area (Å²) in [5.41, 5.74) is 18.4. The third-order valence-corrected chi connectivity index (χ3v) is 22.9. The van der Waals surface area contributed by atoms with Gasteiger partial charge in [-0.2, -0.15) is 0 Å². The minimum atomic E-state index is -0.488. The summed E-state index contributed by atoms with van der Waals surface area (Å²) in [7, 11) is 4.03. The fourth-order valence-electron chi connectivity index (χ4n) is 13.0. The van der Waals surface area contributed by atoms with Crippen molar-refractivity contribution in [1.29, 1.82) is 0 Å². The second-order valence-corrected chi connectivity index (χ2v) is 32.7. The van der Waals surface area contributed by atoms with Crippen molar-refractivity contribution >= 4 is 156 Å². The second-order valence-electron chi connectivity index (χ2n) is 27.8. The van der Waals surface area contributed by atoms with Crippen LogP contribution in [0.4, 0.5) is 11.4 Å². The number of esters is 3. The normalized spacial score (nSPS) is 13.2. The summed E-state index contributed by atoms with van der Waals surface area (Å²) in [5.74, 6) is 22.2. The summed E-state index contributed by atoms with van der Waals surface area (Å²) in [6, 6.07) is 47.6. The van der Waals surface area contributed by atoms with Crippen molar-refractivity contribution in [2.24, 2.45) is 0 Å². The zero-order chi connectivity index (χ0) is 82.8. The van der Waals surface area contributed by atoms with Gasteiger partial charge in [-0.15, -0.1) is 0 Å². The van der Waals surface area contributed by atoms with E-state index in [4.69, 9.17) is 152 Å². The monoisotopic (exact) mass is 1860 g/mol. The Hall–Kier alpha value is -9.96. The van der Waals surface area contributed by atoms with E-state index < -0.39 is 17.9 Å². The molecule has 12 aromatic rings. The molecule has 118 heavy (non-hydrogen) atoms. The molecule has 27 heteroatoms. The van der Waals surface area contributed by atoms with Crippen LogP contribution in [-0.2, 0) is 34.0 Å². The molecule has 1 aliphatic heterocycles. The minimum absolute atomic E-state index is 0.202. The lowest BCUT2D eigenvalue weighted by molar-refractivity contribution is 0.0592. The number of nitrogens with zero attached hydrogens (tertiary/aromatic N) is 4. The third kappa shape index (κ3) is 20.6. The number of carbonyl (C=O) groups is 3. The molecule has 0 radical (unpaired) electrons. The Morgan fingerprint density at radius 2 is 0.729 bits per heavy atom. The van der Waals surface area contributed by atoms with E-state index in [2.05, 4.69) is 78.5 Å². The average molecular weight is 1870 g/mol. The molecule has 9 aromatic carbocycles. The van der Waals surface area contributed by atoms with E-state index in [1.54, 1.807) is 127 Å². The summed E-state index contributed by atoms with van der Waals surface area (Å²) in [5, 5.41) is 17.2. The number of aromatic nitrogens is 3. The van der Waals surface area contributed by atoms with E-state index in [1.165, 1.54) is 27.4 Å². The van der Waals surface area contributed by atoms with Crippen LogP contribution in [0.15, 0.2) is 177 Å². The zero-order valence-electron chi connectivity index (χ0n) is 63.1. The highest BCUT2D eigenvalue weighted by molar-refractivity contribution is 14.1. The van der Waals surface area contributed by atoms with Gasteiger partial charge >= 0.3 is 17.9 Å². The quantitative estimate of drug-likeness (QED) is 0.0262. The predicted molar refractivity (Wildman–Crippen MR) is 469 cm³/mol. The van der Waals surface area contributed by atoms with Crippen LogP contribution in [0.5, 0.6) is 17.2 Å². The number of rotatable bonds is 19. The van der Waals surface area contributed by atoms with Crippen LogP contribution in [0.1, 0.15) is 168 Å². The lowest BCUT2D eigenvalue weighted by Crippen LogP contribution is -2.18. The zero-order valence-corrected chi connectivity index (χ0v) is 72.0. The molecule has 0 unspecified atom stereocenters. The number of halogens is 10. The molecule has 4 fully saturated rings. The van der Waals surface area contributed by atoms with Gasteiger partial charge in [0.05, 0.1) is 99.9 Å². The minimum Gasteiger partial charge on any atom is -0.489 e. The number of hydrogen-bond acceptors (Lipinski definition) is 17. The number of carbonyl (C=O) groups excluding carboxylic acids is 3. The summed E-state index contributed by atoms with van der Waals surface area (Å²) in [6.07, 6.45) is 8.48. The highest BCUT2D eigenvalue weighted by atomic mass is 127. The molecule has 1 saturated heterocycles. The maximum Gasteiger partial charge on any atom is 0.337 e. The first-order chi connectivity index (χ1) is 57.1. The van der Waals surface area contributed by atoms with Gasteiger partial charge in [0.1, 0.15) is 71.4 Å². The smallest absolute Gasteiger partial charge is 0.337 e. The highest BCUT2D eigenvalue weighted by Gasteiger charge is 2.37. The lowest BCUT2D eigenvalue weighted by Gasteiger charge is -2.18. The van der Waals surface area contributed by atoms with Crippen LogP contribution in [-0.4, -0.2) is 67.8 Å². The molecule has 3 saturated carbocycles. The van der Waals surface area contributed by atoms with Crippen LogP contribution in [0.25, 0.3) is 33.8 Å². The topological polar surface area (TPSA) is 214 Å². The van der Waals surface area contributed by atoms with Crippen molar-refractivity contribution in [1.82, 2.24) is 15.5 Å². The Morgan fingerprint density at radius 1 is 0.407 bits per heavy atom. The van der Waals surface area contributed by atoms with Gasteiger partial charge in [0.25, 0.3) is 0 Å². The third-order valence-electron chi connectivity index (χ3n) is 19.4. The van der Waals surface area contributed by atoms with E-state index in [9.17, 15) is 14.4 Å². The van der Waals surface area contributed by atoms with Crippen molar-refractivity contribution in [2.45, 2.75) is 88.9 Å². The summed E-state index contributed by atoms with van der Waals surface area (Å²) >= 11 is 60.5. The molecule has 4 heterocycles. The van der Waals surface area contributed by atoms with Crippen LogP contribution in [0, 0.1) is 39.1 Å². The molecule has 3 aliphatic carbocycles. The Morgan fingerprint density at radius 3 is 1.06 bits per heavy atom. The summed E-state index contributed by atoms with van der Waals surface area (Å²) in [4.78, 5) is 38.3. The van der Waals surface area contributed by atoms with Crippen molar-refractivity contribution < 1.29 is 56.4 Å². The maximum absolute atomic E-state index is 12.3. The molecule has 4 aliphatic rings. The van der Waals surface area contributed by atoms with Gasteiger partial charge in [0, 0.05) is 114 Å². The van der Waals surface area contributed by atoms with Crippen LogP contribution >= 0.6 is 127 Å². The molecular weight excluding hydrogens is 1800 g/mol. The Kier molecular flexibility index (Phi) is 27.5. The van der Waals surface area contributed by atoms with Crippen molar-refractivity contribution in [3.05, 3.63) is 297 Å². The lowest BCUT2D eigenvalue weighted by atomic mass is 10.0. The Bertz CT molecular complexity index is 5770.